The molecule has 2 N–H and O–H groups in total. The van der Waals surface area contributed by atoms with Crippen LogP contribution in [0.4, 0.5) is 10.5 Å². The molecule has 1 aromatic rings. The fourth-order valence-electron chi connectivity index (χ4n) is 2.53. The number of aliphatic hydroxyl groups excluding tert-OH is 1. The Morgan fingerprint density at radius 2 is 2.22 bits per heavy atom. The number of rotatable bonds is 7. The monoisotopic (exact) mass is 322 g/mol. The summed E-state index contributed by atoms with van der Waals surface area (Å²) in [6.07, 6.45) is 1.18. The van der Waals surface area contributed by atoms with Crippen LogP contribution >= 0.6 is 0 Å². The van der Waals surface area contributed by atoms with E-state index in [9.17, 15) is 9.90 Å². The summed E-state index contributed by atoms with van der Waals surface area (Å²) in [6, 6.07) is 7.43. The largest absolute Gasteiger partial charge is 0.391 e. The summed E-state index contributed by atoms with van der Waals surface area (Å²) in [6.45, 7) is 5.35. The number of carbonyl (C=O) groups is 1. The topological polar surface area (TPSA) is 71.0 Å². The Hall–Kier alpha value is -1.63. The zero-order chi connectivity index (χ0) is 16.5. The number of anilines is 1. The molecule has 0 radical (unpaired) electrons. The van der Waals surface area contributed by atoms with Crippen molar-refractivity contribution < 1.29 is 19.4 Å². The number of piperidine rings is 1. The van der Waals surface area contributed by atoms with Crippen LogP contribution < -0.4 is 5.32 Å². The van der Waals surface area contributed by atoms with E-state index >= 15 is 0 Å². The number of β-amino-alcohol motifs (C(OH)–C–C–N with tert-alkyl or cyclic N) is 1. The molecule has 1 atom stereocenters. The van der Waals surface area contributed by atoms with Gasteiger partial charge in [0.2, 0.25) is 0 Å². The maximum absolute atomic E-state index is 12.2. The molecule has 23 heavy (non-hydrogen) atoms. The first kappa shape index (κ1) is 17.7. The van der Waals surface area contributed by atoms with Crippen molar-refractivity contribution in [2.24, 2.45) is 0 Å². The van der Waals surface area contributed by atoms with Crippen LogP contribution in [0.25, 0.3) is 0 Å². The van der Waals surface area contributed by atoms with E-state index in [2.05, 4.69) is 5.32 Å². The number of likely N-dealkylation sites (tertiary alicyclic amines) is 1. The molecule has 128 valence electrons. The molecule has 6 heteroatoms. The van der Waals surface area contributed by atoms with Gasteiger partial charge in [0.25, 0.3) is 0 Å². The van der Waals surface area contributed by atoms with Gasteiger partial charge in [0.15, 0.2) is 0 Å². The molecule has 0 aliphatic carbocycles. The zero-order valence-electron chi connectivity index (χ0n) is 13.7. The summed E-state index contributed by atoms with van der Waals surface area (Å²) in [5.41, 5.74) is 1.74. The standard InChI is InChI=1S/C17H26N2O4/c1-2-22-9-10-23-13-14-5-3-6-15(11-14)18-17(21)19-8-4-7-16(20)12-19/h3,5-6,11,16,20H,2,4,7-10,12-13H2,1H3,(H,18,21)/t16-/m0/s1. The highest BCUT2D eigenvalue weighted by molar-refractivity contribution is 5.89. The molecule has 0 aromatic heterocycles. The number of nitrogens with one attached hydrogen (secondary N) is 1. The Bertz CT molecular complexity index is 495. The quantitative estimate of drug-likeness (QED) is 0.755. The van der Waals surface area contributed by atoms with Gasteiger partial charge in [0.05, 0.1) is 25.9 Å². The summed E-state index contributed by atoms with van der Waals surface area (Å²) < 4.78 is 10.7. The number of ether oxygens (including phenoxy) is 2. The van der Waals surface area contributed by atoms with Crippen LogP contribution in [-0.2, 0) is 16.1 Å². The molecule has 1 heterocycles. The van der Waals surface area contributed by atoms with Gasteiger partial charge >= 0.3 is 6.03 Å². The second-order valence-electron chi connectivity index (χ2n) is 5.62. The van der Waals surface area contributed by atoms with E-state index in [0.717, 1.165) is 24.1 Å². The third kappa shape index (κ3) is 6.17. The highest BCUT2D eigenvalue weighted by Crippen LogP contribution is 2.15. The Morgan fingerprint density at radius 3 is 3.00 bits per heavy atom. The van der Waals surface area contributed by atoms with Gasteiger partial charge in [-0.15, -0.1) is 0 Å². The molecule has 1 saturated heterocycles. The lowest BCUT2D eigenvalue weighted by Crippen LogP contribution is -2.44. The molecule has 0 bridgehead atoms. The molecule has 1 fully saturated rings. The minimum Gasteiger partial charge on any atom is -0.391 e. The van der Waals surface area contributed by atoms with Crippen molar-refractivity contribution in [3.05, 3.63) is 29.8 Å². The van der Waals surface area contributed by atoms with Crippen LogP contribution in [0.15, 0.2) is 24.3 Å². The van der Waals surface area contributed by atoms with Crippen LogP contribution in [0.5, 0.6) is 0 Å². The fraction of sp³-hybridized carbons (Fsp3) is 0.588. The number of hydrogen-bond donors (Lipinski definition) is 2. The first-order valence-electron chi connectivity index (χ1n) is 8.17. The predicted octanol–water partition coefficient (Wildman–Crippen LogP) is 2.23. The minimum atomic E-state index is -0.417. The van der Waals surface area contributed by atoms with Gasteiger partial charge in [-0.25, -0.2) is 4.79 Å². The second kappa shape index (κ2) is 9.50. The molecule has 1 aromatic carbocycles. The minimum absolute atomic E-state index is 0.168. The first-order valence-corrected chi connectivity index (χ1v) is 8.17. The van der Waals surface area contributed by atoms with E-state index in [1.54, 1.807) is 4.90 Å². The number of carbonyl (C=O) groups excluding carboxylic acids is 1. The van der Waals surface area contributed by atoms with Crippen molar-refractivity contribution in [1.29, 1.82) is 0 Å². The number of hydrogen-bond acceptors (Lipinski definition) is 4. The molecule has 0 saturated carbocycles. The van der Waals surface area contributed by atoms with Crippen LogP contribution in [-0.4, -0.2) is 55.1 Å². The SMILES string of the molecule is CCOCCOCc1cccc(NC(=O)N2CCC[C@H](O)C2)c1. The number of benzene rings is 1. The Labute approximate surface area is 137 Å². The molecule has 1 aliphatic rings. The van der Waals surface area contributed by atoms with Crippen molar-refractivity contribution >= 4 is 11.7 Å². The summed E-state index contributed by atoms with van der Waals surface area (Å²) in [5.74, 6) is 0. The Morgan fingerprint density at radius 1 is 1.39 bits per heavy atom. The lowest BCUT2D eigenvalue weighted by Gasteiger charge is -2.30. The third-order valence-electron chi connectivity index (χ3n) is 3.71. The molecule has 0 unspecified atom stereocenters. The fourth-order valence-corrected chi connectivity index (χ4v) is 2.53. The van der Waals surface area contributed by atoms with Gasteiger partial charge in [-0.1, -0.05) is 12.1 Å². The molecule has 6 nitrogen and oxygen atoms in total. The number of nitrogens with zero attached hydrogens (tertiary/aromatic N) is 1. The molecule has 2 rings (SSSR count). The Balaban J connectivity index is 1.80. The molecule has 1 aliphatic heterocycles. The summed E-state index contributed by atoms with van der Waals surface area (Å²) >= 11 is 0. The van der Waals surface area contributed by atoms with E-state index in [1.807, 2.05) is 31.2 Å². The number of urea groups is 1. The zero-order valence-corrected chi connectivity index (χ0v) is 13.7. The summed E-state index contributed by atoms with van der Waals surface area (Å²) in [5, 5.41) is 12.5. The first-order chi connectivity index (χ1) is 11.2. The lowest BCUT2D eigenvalue weighted by molar-refractivity contribution is 0.0453. The van der Waals surface area contributed by atoms with Crippen LogP contribution in [0.3, 0.4) is 0 Å². The molecular weight excluding hydrogens is 296 g/mol. The highest BCUT2D eigenvalue weighted by Gasteiger charge is 2.21. The van der Waals surface area contributed by atoms with E-state index in [1.165, 1.54) is 0 Å². The van der Waals surface area contributed by atoms with Crippen LogP contribution in [0.1, 0.15) is 25.3 Å². The van der Waals surface area contributed by atoms with Gasteiger partial charge in [0, 0.05) is 25.4 Å². The molecule has 2 amide bonds. The summed E-state index contributed by atoms with van der Waals surface area (Å²) in [4.78, 5) is 13.9. The maximum atomic E-state index is 12.2. The summed E-state index contributed by atoms with van der Waals surface area (Å²) in [7, 11) is 0. The van der Waals surface area contributed by atoms with E-state index in [0.29, 0.717) is 39.5 Å². The van der Waals surface area contributed by atoms with Crippen molar-refractivity contribution in [1.82, 2.24) is 4.90 Å². The van der Waals surface area contributed by atoms with Crippen LogP contribution in [0.2, 0.25) is 0 Å². The van der Waals surface area contributed by atoms with Gasteiger partial charge in [-0.3, -0.25) is 0 Å². The van der Waals surface area contributed by atoms with Gasteiger partial charge in [-0.05, 0) is 37.5 Å². The average molecular weight is 322 g/mol. The van der Waals surface area contributed by atoms with Crippen LogP contribution in [0, 0.1) is 0 Å². The molecule has 0 spiro atoms. The van der Waals surface area contributed by atoms with Gasteiger partial charge in [0.1, 0.15) is 0 Å². The van der Waals surface area contributed by atoms with Crippen molar-refractivity contribution in [3.63, 3.8) is 0 Å². The van der Waals surface area contributed by atoms with E-state index < -0.39 is 6.10 Å². The van der Waals surface area contributed by atoms with E-state index in [-0.39, 0.29) is 6.03 Å². The lowest BCUT2D eigenvalue weighted by atomic mass is 10.1. The van der Waals surface area contributed by atoms with Gasteiger partial charge in [-0.2, -0.15) is 0 Å². The van der Waals surface area contributed by atoms with Crippen molar-refractivity contribution in [2.45, 2.75) is 32.5 Å². The number of aliphatic hydroxyl groups is 1. The normalized spacial score (nSPS) is 18.0. The highest BCUT2D eigenvalue weighted by atomic mass is 16.5. The third-order valence-corrected chi connectivity index (χ3v) is 3.71. The molecular formula is C17H26N2O4. The Kier molecular flexibility index (Phi) is 7.32. The van der Waals surface area contributed by atoms with Crippen molar-refractivity contribution in [3.8, 4) is 0 Å². The van der Waals surface area contributed by atoms with Crippen molar-refractivity contribution in [2.75, 3.05) is 38.2 Å². The smallest absolute Gasteiger partial charge is 0.321 e. The predicted molar refractivity (Wildman–Crippen MR) is 88.4 cm³/mol. The number of amides is 2. The second-order valence-corrected chi connectivity index (χ2v) is 5.62. The van der Waals surface area contributed by atoms with Gasteiger partial charge < -0.3 is 24.8 Å². The average Bonchev–Trinajstić information content (AvgIpc) is 2.55. The van der Waals surface area contributed by atoms with E-state index in [4.69, 9.17) is 9.47 Å². The maximum Gasteiger partial charge on any atom is 0.321 e.